The predicted octanol–water partition coefficient (Wildman–Crippen LogP) is 1.97. The van der Waals surface area contributed by atoms with Gasteiger partial charge < -0.3 is 0 Å². The highest BCUT2D eigenvalue weighted by Gasteiger charge is 2.14. The first kappa shape index (κ1) is 7.33. The summed E-state index contributed by atoms with van der Waals surface area (Å²) in [4.78, 5) is 9.80. The van der Waals surface area contributed by atoms with Crippen LogP contribution in [0.5, 0.6) is 0 Å². The maximum absolute atomic E-state index is 9.80. The quantitative estimate of drug-likeness (QED) is 0.391. The Morgan fingerprint density at radius 2 is 2.14 bits per heavy atom. The minimum absolute atomic E-state index is 0.361. The second-order valence-electron chi connectivity index (χ2n) is 2.04. The molecule has 0 atom stereocenters. The van der Waals surface area contributed by atoms with Gasteiger partial charge in [0.2, 0.25) is 0 Å². The zero-order valence-corrected chi connectivity index (χ0v) is 6.60. The Labute approximate surface area is 56.8 Å². The van der Waals surface area contributed by atoms with Crippen molar-refractivity contribution in [1.29, 1.82) is 0 Å². The lowest BCUT2D eigenvalue weighted by atomic mass is 10.1. The van der Waals surface area contributed by atoms with Crippen LogP contribution in [0, 0.1) is 4.91 Å². The molecule has 7 heavy (non-hydrogen) atoms. The molecule has 2 nitrogen and oxygen atoms in total. The van der Waals surface area contributed by atoms with Gasteiger partial charge in [0.15, 0.2) is 0 Å². The SMILES string of the molecule is CC(C)(CI)N=O. The fraction of sp³-hybridized carbons (Fsp3) is 1.00. The van der Waals surface area contributed by atoms with E-state index >= 15 is 0 Å². The maximum atomic E-state index is 9.80. The molecule has 0 fully saturated rings. The van der Waals surface area contributed by atoms with Crippen molar-refractivity contribution in [2.45, 2.75) is 19.4 Å². The molecule has 0 aliphatic rings. The van der Waals surface area contributed by atoms with Gasteiger partial charge in [0, 0.05) is 4.43 Å². The third-order valence-electron chi connectivity index (χ3n) is 0.574. The number of alkyl halides is 1. The summed E-state index contributed by atoms with van der Waals surface area (Å²) in [7, 11) is 0. The smallest absolute Gasteiger partial charge is 0.106 e. The summed E-state index contributed by atoms with van der Waals surface area (Å²) in [5.74, 6) is 0. The normalized spacial score (nSPS) is 11.3. The van der Waals surface area contributed by atoms with E-state index in [1.54, 1.807) is 0 Å². The summed E-state index contributed by atoms with van der Waals surface area (Å²) in [6.45, 7) is 3.62. The topological polar surface area (TPSA) is 29.4 Å². The van der Waals surface area contributed by atoms with Crippen molar-refractivity contribution in [3.8, 4) is 0 Å². The van der Waals surface area contributed by atoms with Gasteiger partial charge >= 0.3 is 0 Å². The Bertz CT molecular complexity index is 72.1. The highest BCUT2D eigenvalue weighted by atomic mass is 127. The van der Waals surface area contributed by atoms with Crippen molar-refractivity contribution in [3.63, 3.8) is 0 Å². The number of nitrogens with zero attached hydrogens (tertiary/aromatic N) is 1. The van der Waals surface area contributed by atoms with Crippen molar-refractivity contribution in [2.24, 2.45) is 5.18 Å². The Morgan fingerprint density at radius 1 is 1.71 bits per heavy atom. The van der Waals surface area contributed by atoms with Crippen LogP contribution in [0.3, 0.4) is 0 Å². The Balaban J connectivity index is 3.58. The van der Waals surface area contributed by atoms with Crippen LogP contribution in [0.4, 0.5) is 0 Å². The summed E-state index contributed by atoms with van der Waals surface area (Å²) in [6, 6.07) is 0. The van der Waals surface area contributed by atoms with E-state index in [1.165, 1.54) is 0 Å². The average molecular weight is 213 g/mol. The van der Waals surface area contributed by atoms with Crippen LogP contribution in [0.1, 0.15) is 13.8 Å². The number of rotatable bonds is 2. The second kappa shape index (κ2) is 2.59. The van der Waals surface area contributed by atoms with E-state index in [2.05, 4.69) is 27.8 Å². The fourth-order valence-corrected chi connectivity index (χ4v) is 0.164. The minimum atomic E-state index is -0.361. The van der Waals surface area contributed by atoms with Crippen LogP contribution < -0.4 is 0 Å². The summed E-state index contributed by atoms with van der Waals surface area (Å²) in [5.41, 5.74) is -0.361. The van der Waals surface area contributed by atoms with Crippen LogP contribution in [0.2, 0.25) is 0 Å². The molecule has 42 valence electrons. The molecule has 0 aromatic rings. The molecule has 0 aromatic carbocycles. The first-order valence-corrected chi connectivity index (χ1v) is 3.55. The van der Waals surface area contributed by atoms with Gasteiger partial charge in [-0.2, -0.15) is 4.91 Å². The van der Waals surface area contributed by atoms with Gasteiger partial charge in [0.25, 0.3) is 0 Å². The number of hydrogen-bond acceptors (Lipinski definition) is 2. The van der Waals surface area contributed by atoms with Crippen molar-refractivity contribution >= 4 is 22.6 Å². The lowest BCUT2D eigenvalue weighted by Crippen LogP contribution is -2.16. The summed E-state index contributed by atoms with van der Waals surface area (Å²) in [6.07, 6.45) is 0. The van der Waals surface area contributed by atoms with Gasteiger partial charge in [-0.05, 0) is 13.8 Å². The summed E-state index contributed by atoms with van der Waals surface area (Å²) < 4.78 is 0.786. The van der Waals surface area contributed by atoms with Crippen LogP contribution in [0.25, 0.3) is 0 Å². The largest absolute Gasteiger partial charge is 0.150 e. The summed E-state index contributed by atoms with van der Waals surface area (Å²) >= 11 is 2.14. The zero-order valence-electron chi connectivity index (χ0n) is 4.44. The molecule has 0 bridgehead atoms. The van der Waals surface area contributed by atoms with E-state index in [0.29, 0.717) is 0 Å². The number of hydrogen-bond donors (Lipinski definition) is 0. The minimum Gasteiger partial charge on any atom is -0.150 e. The van der Waals surface area contributed by atoms with Crippen molar-refractivity contribution in [1.82, 2.24) is 0 Å². The van der Waals surface area contributed by atoms with Gasteiger partial charge in [-0.15, -0.1) is 0 Å². The molecule has 0 amide bonds. The zero-order chi connectivity index (χ0) is 5.91. The molecule has 0 rings (SSSR count). The standard InChI is InChI=1S/C4H8INO/c1-4(2,3-5)6-7/h3H2,1-2H3. The van der Waals surface area contributed by atoms with Crippen LogP contribution >= 0.6 is 22.6 Å². The van der Waals surface area contributed by atoms with Crippen molar-refractivity contribution in [2.75, 3.05) is 4.43 Å². The third kappa shape index (κ3) is 2.96. The lowest BCUT2D eigenvalue weighted by Gasteiger charge is -2.07. The number of nitroso groups, excluding NO2 is 1. The van der Waals surface area contributed by atoms with Gasteiger partial charge in [-0.25, -0.2) is 0 Å². The van der Waals surface area contributed by atoms with Gasteiger partial charge in [-0.1, -0.05) is 27.8 Å². The molecule has 0 saturated heterocycles. The van der Waals surface area contributed by atoms with E-state index in [4.69, 9.17) is 0 Å². The molecule has 0 saturated carbocycles. The van der Waals surface area contributed by atoms with E-state index in [-0.39, 0.29) is 5.54 Å². The van der Waals surface area contributed by atoms with E-state index in [1.807, 2.05) is 13.8 Å². The molecule has 0 N–H and O–H groups in total. The summed E-state index contributed by atoms with van der Waals surface area (Å²) in [5, 5.41) is 2.88. The van der Waals surface area contributed by atoms with Crippen LogP contribution in [-0.4, -0.2) is 9.97 Å². The van der Waals surface area contributed by atoms with Gasteiger partial charge in [-0.3, -0.25) is 0 Å². The van der Waals surface area contributed by atoms with Gasteiger partial charge in [0.05, 0.1) is 0 Å². The van der Waals surface area contributed by atoms with E-state index < -0.39 is 0 Å². The highest BCUT2D eigenvalue weighted by molar-refractivity contribution is 14.1. The van der Waals surface area contributed by atoms with Gasteiger partial charge in [0.1, 0.15) is 5.54 Å². The van der Waals surface area contributed by atoms with Crippen molar-refractivity contribution < 1.29 is 0 Å². The van der Waals surface area contributed by atoms with Crippen molar-refractivity contribution in [3.05, 3.63) is 4.91 Å². The molecule has 0 heterocycles. The Morgan fingerprint density at radius 3 is 2.14 bits per heavy atom. The second-order valence-corrected chi connectivity index (χ2v) is 2.80. The third-order valence-corrected chi connectivity index (χ3v) is 2.44. The maximum Gasteiger partial charge on any atom is 0.106 e. The molecular weight excluding hydrogens is 205 g/mol. The predicted molar refractivity (Wildman–Crippen MR) is 38.8 cm³/mol. The molecule has 0 spiro atoms. The monoisotopic (exact) mass is 213 g/mol. The average Bonchev–Trinajstić information content (AvgIpc) is 1.68. The molecule has 0 aliphatic carbocycles. The molecule has 0 unspecified atom stereocenters. The first-order valence-electron chi connectivity index (χ1n) is 2.03. The number of halogens is 1. The highest BCUT2D eigenvalue weighted by Crippen LogP contribution is 2.10. The van der Waals surface area contributed by atoms with Crippen LogP contribution in [-0.2, 0) is 0 Å². The van der Waals surface area contributed by atoms with Crippen LogP contribution in [0.15, 0.2) is 5.18 Å². The molecule has 0 aliphatic heterocycles. The molecule has 0 radical (unpaired) electrons. The lowest BCUT2D eigenvalue weighted by molar-refractivity contribution is 0.598. The molecule has 3 heteroatoms. The molecular formula is C4H8INO. The Kier molecular flexibility index (Phi) is 2.71. The molecule has 0 aromatic heterocycles. The van der Waals surface area contributed by atoms with E-state index in [9.17, 15) is 4.91 Å². The Hall–Kier alpha value is 0.330. The fourth-order valence-electron chi connectivity index (χ4n) is 0.0244. The first-order chi connectivity index (χ1) is 3.12. The van der Waals surface area contributed by atoms with E-state index in [0.717, 1.165) is 4.43 Å².